The van der Waals surface area contributed by atoms with Crippen LogP contribution < -0.4 is 10.5 Å². The van der Waals surface area contributed by atoms with Crippen molar-refractivity contribution in [2.45, 2.75) is 24.8 Å². The van der Waals surface area contributed by atoms with E-state index in [1.807, 2.05) is 11.4 Å². The lowest BCUT2D eigenvalue weighted by molar-refractivity contribution is 0.580. The number of nitrogens with zero attached hydrogens (tertiary/aromatic N) is 1. The highest BCUT2D eigenvalue weighted by molar-refractivity contribution is 7.89. The molecule has 1 aromatic heterocycles. The lowest BCUT2D eigenvalue weighted by Gasteiger charge is -2.11. The highest BCUT2D eigenvalue weighted by Crippen LogP contribution is 2.18. The summed E-state index contributed by atoms with van der Waals surface area (Å²) in [5.41, 5.74) is 7.15. The van der Waals surface area contributed by atoms with Gasteiger partial charge in [0.2, 0.25) is 10.0 Å². The van der Waals surface area contributed by atoms with E-state index in [4.69, 9.17) is 5.73 Å². The van der Waals surface area contributed by atoms with Crippen LogP contribution in [0.5, 0.6) is 0 Å². The van der Waals surface area contributed by atoms with E-state index in [2.05, 4.69) is 9.71 Å². The van der Waals surface area contributed by atoms with Crippen LogP contribution in [0.2, 0.25) is 0 Å². The Morgan fingerprint density at radius 2 is 2.20 bits per heavy atom. The Kier molecular flexibility index (Phi) is 4.87. The van der Waals surface area contributed by atoms with Gasteiger partial charge in [-0.3, -0.25) is 0 Å². The number of sulfonamides is 1. The quantitative estimate of drug-likeness (QED) is 0.845. The molecule has 0 saturated carbocycles. The first-order chi connectivity index (χ1) is 9.54. The minimum Gasteiger partial charge on any atom is -0.326 e. The van der Waals surface area contributed by atoms with E-state index >= 15 is 0 Å². The van der Waals surface area contributed by atoms with Crippen LogP contribution in [0.4, 0.5) is 0 Å². The highest BCUT2D eigenvalue weighted by atomic mass is 32.2. The maximum absolute atomic E-state index is 12.3. The number of hydrogen-bond donors (Lipinski definition) is 2. The van der Waals surface area contributed by atoms with Crippen LogP contribution in [0.25, 0.3) is 0 Å². The van der Waals surface area contributed by atoms with Crippen molar-refractivity contribution in [2.24, 2.45) is 5.73 Å². The number of thiazole rings is 1. The lowest BCUT2D eigenvalue weighted by atomic mass is 10.1. The smallest absolute Gasteiger partial charge is 0.240 e. The van der Waals surface area contributed by atoms with Gasteiger partial charge in [0.25, 0.3) is 0 Å². The second-order valence-electron chi connectivity index (χ2n) is 4.32. The Labute approximate surface area is 122 Å². The number of nitrogens with two attached hydrogens (primary N) is 1. The van der Waals surface area contributed by atoms with Gasteiger partial charge in [0.1, 0.15) is 0 Å². The molecule has 1 heterocycles. The van der Waals surface area contributed by atoms with E-state index in [-0.39, 0.29) is 0 Å². The van der Waals surface area contributed by atoms with Gasteiger partial charge in [0.05, 0.1) is 9.90 Å². The Bertz CT molecular complexity index is 667. The number of hydrogen-bond acceptors (Lipinski definition) is 5. The molecule has 0 amide bonds. The predicted molar refractivity (Wildman–Crippen MR) is 80.1 cm³/mol. The molecule has 0 spiro atoms. The van der Waals surface area contributed by atoms with E-state index in [9.17, 15) is 8.42 Å². The van der Waals surface area contributed by atoms with Crippen molar-refractivity contribution in [3.8, 4) is 0 Å². The second-order valence-corrected chi connectivity index (χ2v) is 7.03. The average Bonchev–Trinajstić information content (AvgIpc) is 2.91. The molecule has 0 fully saturated rings. The summed E-state index contributed by atoms with van der Waals surface area (Å²) in [4.78, 5) is 4.41. The van der Waals surface area contributed by atoms with Crippen molar-refractivity contribution in [2.75, 3.05) is 6.54 Å². The fourth-order valence-corrected chi connectivity index (χ4v) is 3.86. The van der Waals surface area contributed by atoms with Crippen molar-refractivity contribution in [1.29, 1.82) is 0 Å². The number of benzene rings is 1. The summed E-state index contributed by atoms with van der Waals surface area (Å²) in [5, 5.41) is 2.79. The third-order valence-corrected chi connectivity index (χ3v) is 5.46. The van der Waals surface area contributed by atoms with Gasteiger partial charge in [0, 0.05) is 31.1 Å². The maximum atomic E-state index is 12.3. The normalized spacial score (nSPS) is 11.7. The largest absolute Gasteiger partial charge is 0.326 e. The summed E-state index contributed by atoms with van der Waals surface area (Å²) in [7, 11) is -3.51. The molecule has 2 rings (SSSR count). The SMILES string of the molecule is Cc1c(CN)cccc1S(=O)(=O)NCCc1nccs1. The van der Waals surface area contributed by atoms with E-state index < -0.39 is 10.0 Å². The van der Waals surface area contributed by atoms with Gasteiger partial charge in [-0.2, -0.15) is 0 Å². The van der Waals surface area contributed by atoms with Gasteiger partial charge in [-0.25, -0.2) is 18.1 Å². The molecular formula is C13H17N3O2S2. The van der Waals surface area contributed by atoms with Gasteiger partial charge < -0.3 is 5.73 Å². The molecule has 1 aromatic carbocycles. The molecule has 0 aliphatic rings. The fraction of sp³-hybridized carbons (Fsp3) is 0.308. The summed E-state index contributed by atoms with van der Waals surface area (Å²) in [6.07, 6.45) is 2.30. The summed E-state index contributed by atoms with van der Waals surface area (Å²) >= 11 is 1.52. The maximum Gasteiger partial charge on any atom is 0.240 e. The highest BCUT2D eigenvalue weighted by Gasteiger charge is 2.17. The monoisotopic (exact) mass is 311 g/mol. The number of aromatic nitrogens is 1. The molecular weight excluding hydrogens is 294 g/mol. The molecule has 20 heavy (non-hydrogen) atoms. The van der Waals surface area contributed by atoms with Crippen molar-refractivity contribution in [3.63, 3.8) is 0 Å². The summed E-state index contributed by atoms with van der Waals surface area (Å²) in [6.45, 7) is 2.44. The van der Waals surface area contributed by atoms with Crippen LogP contribution in [0.15, 0.2) is 34.7 Å². The Morgan fingerprint density at radius 1 is 1.40 bits per heavy atom. The third-order valence-electron chi connectivity index (χ3n) is 3.02. The van der Waals surface area contributed by atoms with Crippen molar-refractivity contribution >= 4 is 21.4 Å². The molecule has 0 aliphatic carbocycles. The molecule has 0 bridgehead atoms. The Balaban J connectivity index is 2.10. The van der Waals surface area contributed by atoms with Crippen molar-refractivity contribution in [3.05, 3.63) is 45.9 Å². The predicted octanol–water partition coefficient (Wildman–Crippen LogP) is 1.43. The summed E-state index contributed by atoms with van der Waals surface area (Å²) in [6, 6.07) is 5.15. The zero-order valence-electron chi connectivity index (χ0n) is 11.2. The van der Waals surface area contributed by atoms with Crippen molar-refractivity contribution in [1.82, 2.24) is 9.71 Å². The molecule has 2 aromatic rings. The van der Waals surface area contributed by atoms with E-state index in [0.29, 0.717) is 30.0 Å². The second kappa shape index (κ2) is 6.45. The topological polar surface area (TPSA) is 85.1 Å². The van der Waals surface area contributed by atoms with Crippen LogP contribution in [0, 0.1) is 6.92 Å². The molecule has 5 nitrogen and oxygen atoms in total. The van der Waals surface area contributed by atoms with Gasteiger partial charge in [-0.15, -0.1) is 11.3 Å². The van der Waals surface area contributed by atoms with Gasteiger partial charge >= 0.3 is 0 Å². The molecule has 0 atom stereocenters. The first-order valence-corrected chi connectivity index (χ1v) is 8.57. The first-order valence-electron chi connectivity index (χ1n) is 6.21. The van der Waals surface area contributed by atoms with E-state index in [1.165, 1.54) is 11.3 Å². The van der Waals surface area contributed by atoms with E-state index in [0.717, 1.165) is 10.6 Å². The molecule has 0 radical (unpaired) electrons. The average molecular weight is 311 g/mol. The minimum atomic E-state index is -3.51. The van der Waals surface area contributed by atoms with Gasteiger partial charge in [0.15, 0.2) is 0 Å². The molecule has 0 saturated heterocycles. The Hall–Kier alpha value is -1.28. The first kappa shape index (κ1) is 15.1. The van der Waals surface area contributed by atoms with Crippen LogP contribution in [-0.4, -0.2) is 19.9 Å². The molecule has 0 aliphatic heterocycles. The molecule has 108 valence electrons. The minimum absolute atomic E-state index is 0.291. The molecule has 7 heteroatoms. The molecule has 0 unspecified atom stereocenters. The number of rotatable bonds is 6. The van der Waals surface area contributed by atoms with E-state index in [1.54, 1.807) is 25.3 Å². The zero-order chi connectivity index (χ0) is 14.6. The van der Waals surface area contributed by atoms with Gasteiger partial charge in [-0.1, -0.05) is 12.1 Å². The third kappa shape index (κ3) is 3.43. The standard InChI is InChI=1S/C13H17N3O2S2/c1-10-11(9-14)3-2-4-12(10)20(17,18)16-6-5-13-15-7-8-19-13/h2-4,7-8,16H,5-6,9,14H2,1H3. The fourth-order valence-electron chi connectivity index (χ4n) is 1.92. The Morgan fingerprint density at radius 3 is 2.85 bits per heavy atom. The van der Waals surface area contributed by atoms with Crippen LogP contribution in [0.3, 0.4) is 0 Å². The lowest BCUT2D eigenvalue weighted by Crippen LogP contribution is -2.27. The summed E-state index contributed by atoms with van der Waals surface area (Å²) in [5.74, 6) is 0. The van der Waals surface area contributed by atoms with Crippen molar-refractivity contribution < 1.29 is 8.42 Å². The summed E-state index contributed by atoms with van der Waals surface area (Å²) < 4.78 is 27.2. The number of nitrogens with one attached hydrogen (secondary N) is 1. The van der Waals surface area contributed by atoms with Crippen LogP contribution >= 0.6 is 11.3 Å². The molecule has 3 N–H and O–H groups in total. The van der Waals surface area contributed by atoms with Gasteiger partial charge in [-0.05, 0) is 24.1 Å². The van der Waals surface area contributed by atoms with Crippen LogP contribution in [0.1, 0.15) is 16.1 Å². The van der Waals surface area contributed by atoms with Crippen LogP contribution in [-0.2, 0) is 23.0 Å². The zero-order valence-corrected chi connectivity index (χ0v) is 12.8.